The molecule has 1 saturated heterocycles. The van der Waals surface area contributed by atoms with Gasteiger partial charge in [-0.25, -0.2) is 0 Å². The smallest absolute Gasteiger partial charge is 0.243 e. The van der Waals surface area contributed by atoms with Crippen molar-refractivity contribution >= 4 is 23.2 Å². The molecule has 2 aliphatic carbocycles. The Bertz CT molecular complexity index is 954. The lowest BCUT2D eigenvalue weighted by Crippen LogP contribution is -2.50. The van der Waals surface area contributed by atoms with Gasteiger partial charge in [0.2, 0.25) is 11.8 Å². The van der Waals surface area contributed by atoms with Crippen molar-refractivity contribution in [3.05, 3.63) is 58.3 Å². The van der Waals surface area contributed by atoms with Crippen LogP contribution in [0.1, 0.15) is 55.4 Å². The molecule has 1 aliphatic heterocycles. The number of likely N-dealkylation sites (tertiary alicyclic amines) is 1. The fourth-order valence-corrected chi connectivity index (χ4v) is 6.16. The Balaban J connectivity index is 1.33. The number of rotatable bonds is 8. The van der Waals surface area contributed by atoms with Gasteiger partial charge in [0.15, 0.2) is 0 Å². The number of nitrogens with two attached hydrogens (primary N) is 1. The Morgan fingerprint density at radius 2 is 1.76 bits per heavy atom. The largest absolute Gasteiger partial charge is 0.352 e. The van der Waals surface area contributed by atoms with Crippen LogP contribution in [-0.4, -0.2) is 52.3 Å². The second-order valence-electron chi connectivity index (χ2n) is 10.3. The van der Waals surface area contributed by atoms with E-state index in [0.29, 0.717) is 13.0 Å². The van der Waals surface area contributed by atoms with E-state index in [9.17, 15) is 9.59 Å². The highest BCUT2D eigenvalue weighted by molar-refractivity contribution is 7.09. The predicted molar refractivity (Wildman–Crippen MR) is 135 cm³/mol. The predicted octanol–water partition coefficient (Wildman–Crippen LogP) is 3.52. The molecule has 2 heterocycles. The van der Waals surface area contributed by atoms with Crippen LogP contribution in [-0.2, 0) is 22.7 Å². The summed E-state index contributed by atoms with van der Waals surface area (Å²) < 4.78 is 0. The van der Waals surface area contributed by atoms with Gasteiger partial charge in [-0.2, -0.15) is 0 Å². The van der Waals surface area contributed by atoms with Gasteiger partial charge in [0.25, 0.3) is 0 Å². The van der Waals surface area contributed by atoms with Gasteiger partial charge in [-0.1, -0.05) is 36.4 Å². The summed E-state index contributed by atoms with van der Waals surface area (Å²) in [6, 6.07) is 14.9. The maximum Gasteiger partial charge on any atom is 0.243 e. The molecule has 3 aliphatic rings. The number of hydrogen-bond donors (Lipinski definition) is 2. The van der Waals surface area contributed by atoms with Crippen LogP contribution in [0.15, 0.2) is 47.8 Å². The number of carbonyl (C=O) groups is 2. The normalized spacial score (nSPS) is 27.2. The summed E-state index contributed by atoms with van der Waals surface area (Å²) >= 11 is 1.76. The van der Waals surface area contributed by atoms with Crippen LogP contribution in [0.3, 0.4) is 0 Å². The Morgan fingerprint density at radius 3 is 2.44 bits per heavy atom. The SMILES string of the molecule is NC1CCC(NC(=O)C2CC(N(Cc3ccccc3)Cc3cccs3)CN2C(=O)C2CC2)CC1. The lowest BCUT2D eigenvalue weighted by atomic mass is 9.91. The van der Waals surface area contributed by atoms with Crippen LogP contribution in [0.2, 0.25) is 0 Å². The van der Waals surface area contributed by atoms with Gasteiger partial charge in [-0.05, 0) is 62.0 Å². The third kappa shape index (κ3) is 5.70. The Hall–Kier alpha value is -2.22. The van der Waals surface area contributed by atoms with Crippen molar-refractivity contribution in [1.82, 2.24) is 15.1 Å². The van der Waals surface area contributed by atoms with Crippen molar-refractivity contribution in [1.29, 1.82) is 0 Å². The van der Waals surface area contributed by atoms with E-state index in [0.717, 1.165) is 51.6 Å². The van der Waals surface area contributed by atoms with Crippen molar-refractivity contribution in [2.24, 2.45) is 11.7 Å². The Morgan fingerprint density at radius 1 is 1.00 bits per heavy atom. The molecule has 1 aromatic carbocycles. The van der Waals surface area contributed by atoms with Gasteiger partial charge >= 0.3 is 0 Å². The van der Waals surface area contributed by atoms with Gasteiger partial charge < -0.3 is 16.0 Å². The minimum atomic E-state index is -0.379. The molecule has 2 saturated carbocycles. The van der Waals surface area contributed by atoms with Crippen LogP contribution in [0.5, 0.6) is 0 Å². The fraction of sp³-hybridized carbons (Fsp3) is 0.556. The highest BCUT2D eigenvalue weighted by Crippen LogP contribution is 2.35. The third-order valence-electron chi connectivity index (χ3n) is 7.59. The van der Waals surface area contributed by atoms with E-state index in [4.69, 9.17) is 5.73 Å². The first kappa shape index (κ1) is 23.5. The van der Waals surface area contributed by atoms with Crippen molar-refractivity contribution in [2.45, 2.75) is 82.2 Å². The summed E-state index contributed by atoms with van der Waals surface area (Å²) in [5, 5.41) is 5.39. The Labute approximate surface area is 206 Å². The second-order valence-corrected chi connectivity index (χ2v) is 11.3. The molecular weight excluding hydrogens is 444 g/mol. The third-order valence-corrected chi connectivity index (χ3v) is 8.45. The average Bonchev–Trinajstić information content (AvgIpc) is 3.38. The molecule has 34 heavy (non-hydrogen) atoms. The number of nitrogens with one attached hydrogen (secondary N) is 1. The van der Waals surface area contributed by atoms with E-state index in [1.165, 1.54) is 10.4 Å². The molecular formula is C27H36N4O2S. The van der Waals surface area contributed by atoms with Gasteiger partial charge in [0.1, 0.15) is 6.04 Å². The number of thiophene rings is 1. The molecule has 182 valence electrons. The molecule has 0 spiro atoms. The van der Waals surface area contributed by atoms with E-state index in [-0.39, 0.29) is 41.9 Å². The van der Waals surface area contributed by atoms with E-state index in [2.05, 4.69) is 52.0 Å². The van der Waals surface area contributed by atoms with Crippen LogP contribution >= 0.6 is 11.3 Å². The zero-order chi connectivity index (χ0) is 23.5. The fourth-order valence-electron chi connectivity index (χ4n) is 5.43. The van der Waals surface area contributed by atoms with Gasteiger partial charge in [0, 0.05) is 48.6 Å². The summed E-state index contributed by atoms with van der Waals surface area (Å²) in [6.07, 6.45) is 6.36. The summed E-state index contributed by atoms with van der Waals surface area (Å²) in [4.78, 5) is 32.3. The number of nitrogens with zero attached hydrogens (tertiary/aromatic N) is 2. The first-order chi connectivity index (χ1) is 16.6. The molecule has 1 aromatic heterocycles. The molecule has 3 fully saturated rings. The molecule has 2 amide bonds. The monoisotopic (exact) mass is 480 g/mol. The lowest BCUT2D eigenvalue weighted by molar-refractivity contribution is -0.139. The van der Waals surface area contributed by atoms with Crippen molar-refractivity contribution < 1.29 is 9.59 Å². The summed E-state index contributed by atoms with van der Waals surface area (Å²) in [5.74, 6) is 0.304. The van der Waals surface area contributed by atoms with Crippen molar-refractivity contribution in [2.75, 3.05) is 6.54 Å². The first-order valence-corrected chi connectivity index (χ1v) is 13.6. The number of benzene rings is 1. The highest BCUT2D eigenvalue weighted by atomic mass is 32.1. The summed E-state index contributed by atoms with van der Waals surface area (Å²) in [5.41, 5.74) is 7.31. The second kappa shape index (κ2) is 10.6. The van der Waals surface area contributed by atoms with Gasteiger partial charge in [-0.3, -0.25) is 14.5 Å². The molecule has 2 unspecified atom stereocenters. The van der Waals surface area contributed by atoms with E-state index >= 15 is 0 Å². The highest BCUT2D eigenvalue weighted by Gasteiger charge is 2.46. The van der Waals surface area contributed by atoms with Gasteiger partial charge in [-0.15, -0.1) is 11.3 Å². The van der Waals surface area contributed by atoms with Crippen LogP contribution in [0.4, 0.5) is 0 Å². The molecule has 2 aromatic rings. The molecule has 7 heteroatoms. The molecule has 0 radical (unpaired) electrons. The minimum Gasteiger partial charge on any atom is -0.352 e. The molecule has 0 bridgehead atoms. The molecule has 3 N–H and O–H groups in total. The van der Waals surface area contributed by atoms with Crippen LogP contribution in [0, 0.1) is 5.92 Å². The van der Waals surface area contributed by atoms with Crippen LogP contribution < -0.4 is 11.1 Å². The number of hydrogen-bond acceptors (Lipinski definition) is 5. The van der Waals surface area contributed by atoms with E-state index < -0.39 is 0 Å². The maximum atomic E-state index is 13.4. The lowest BCUT2D eigenvalue weighted by Gasteiger charge is -2.30. The number of amides is 2. The maximum absolute atomic E-state index is 13.4. The molecule has 6 nitrogen and oxygen atoms in total. The quantitative estimate of drug-likeness (QED) is 0.606. The Kier molecular flexibility index (Phi) is 7.32. The minimum absolute atomic E-state index is 0.0211. The first-order valence-electron chi connectivity index (χ1n) is 12.7. The van der Waals surface area contributed by atoms with Crippen molar-refractivity contribution in [3.8, 4) is 0 Å². The molecule has 5 rings (SSSR count). The summed E-state index contributed by atoms with van der Waals surface area (Å²) in [7, 11) is 0. The van der Waals surface area contributed by atoms with Gasteiger partial charge in [0.05, 0.1) is 0 Å². The zero-order valence-corrected chi connectivity index (χ0v) is 20.6. The number of carbonyl (C=O) groups excluding carboxylic acids is 2. The van der Waals surface area contributed by atoms with Crippen LogP contribution in [0.25, 0.3) is 0 Å². The standard InChI is InChI=1S/C27H36N4O2S/c28-21-10-12-22(13-11-21)29-26(32)25-15-23(17-31(25)27(33)20-8-9-20)30(18-24-7-4-14-34-24)16-19-5-2-1-3-6-19/h1-7,14,20-23,25H,8-13,15-18,28H2,(H,29,32). The summed E-state index contributed by atoms with van der Waals surface area (Å²) in [6.45, 7) is 2.27. The van der Waals surface area contributed by atoms with Crippen molar-refractivity contribution in [3.63, 3.8) is 0 Å². The molecule has 2 atom stereocenters. The average molecular weight is 481 g/mol. The van der Waals surface area contributed by atoms with E-state index in [1.54, 1.807) is 11.3 Å². The topological polar surface area (TPSA) is 78.7 Å². The zero-order valence-electron chi connectivity index (χ0n) is 19.8. The van der Waals surface area contributed by atoms with E-state index in [1.807, 2.05) is 11.0 Å².